The molecular weight excluding hydrogens is 332 g/mol. The molecule has 0 aliphatic rings. The van der Waals surface area contributed by atoms with Crippen LogP contribution in [0.5, 0.6) is 0 Å². The number of nitrogens with zero attached hydrogens (tertiary/aromatic N) is 1. The Morgan fingerprint density at radius 2 is 2.00 bits per heavy atom. The number of sulfonamides is 1. The summed E-state index contributed by atoms with van der Waals surface area (Å²) in [5, 5.41) is 2.50. The largest absolute Gasteiger partial charge is 0.451 e. The first-order valence-corrected chi connectivity index (χ1v) is 9.13. The van der Waals surface area contributed by atoms with Gasteiger partial charge in [-0.05, 0) is 25.5 Å². The van der Waals surface area contributed by atoms with Gasteiger partial charge in [0.05, 0.1) is 11.9 Å². The van der Waals surface area contributed by atoms with E-state index in [9.17, 15) is 18.0 Å². The van der Waals surface area contributed by atoms with Gasteiger partial charge in [-0.2, -0.15) is 0 Å². The minimum absolute atomic E-state index is 0.249. The monoisotopic (exact) mass is 354 g/mol. The fraction of sp³-hybridized carbons (Fsp3) is 0.375. The minimum atomic E-state index is -3.69. The second-order valence-corrected chi connectivity index (χ2v) is 7.13. The third-order valence-electron chi connectivity index (χ3n) is 3.16. The van der Waals surface area contributed by atoms with Crippen molar-refractivity contribution in [2.75, 3.05) is 23.7 Å². The van der Waals surface area contributed by atoms with Gasteiger partial charge in [0.15, 0.2) is 6.10 Å². The second-order valence-electron chi connectivity index (χ2n) is 5.22. The molecule has 0 aliphatic heterocycles. The number of para-hydroxylation sites is 1. The highest BCUT2D eigenvalue weighted by Crippen LogP contribution is 2.21. The van der Waals surface area contributed by atoms with Crippen LogP contribution in [0.3, 0.4) is 0 Å². The lowest BCUT2D eigenvalue weighted by Crippen LogP contribution is -2.40. The van der Waals surface area contributed by atoms with E-state index in [1.54, 1.807) is 31.2 Å². The van der Waals surface area contributed by atoms with Gasteiger partial charge >= 0.3 is 5.97 Å². The van der Waals surface area contributed by atoms with Crippen LogP contribution >= 0.6 is 0 Å². The molecule has 0 aromatic heterocycles. The molecule has 1 aromatic carbocycles. The molecule has 0 aliphatic carbocycles. The Hall–Kier alpha value is -2.35. The predicted octanol–water partition coefficient (Wildman–Crippen LogP) is 0.995. The summed E-state index contributed by atoms with van der Waals surface area (Å²) in [6, 6.07) is 6.79. The smallest absolute Gasteiger partial charge is 0.327 e. The molecule has 0 fully saturated rings. The Morgan fingerprint density at radius 1 is 1.38 bits per heavy atom. The molecule has 0 saturated carbocycles. The van der Waals surface area contributed by atoms with Crippen LogP contribution < -0.4 is 9.62 Å². The number of rotatable bonds is 8. The van der Waals surface area contributed by atoms with Crippen molar-refractivity contribution >= 4 is 27.6 Å². The first kappa shape index (κ1) is 19.7. The maximum Gasteiger partial charge on any atom is 0.327 e. The third kappa shape index (κ3) is 5.69. The Morgan fingerprint density at radius 3 is 2.54 bits per heavy atom. The Balaban J connectivity index is 2.85. The topological polar surface area (TPSA) is 92.8 Å². The Kier molecular flexibility index (Phi) is 6.97. The van der Waals surface area contributed by atoms with E-state index in [0.717, 1.165) is 10.6 Å². The lowest BCUT2D eigenvalue weighted by Gasteiger charge is -2.23. The van der Waals surface area contributed by atoms with E-state index in [1.165, 1.54) is 13.0 Å². The van der Waals surface area contributed by atoms with Crippen molar-refractivity contribution < 1.29 is 22.7 Å². The van der Waals surface area contributed by atoms with Crippen molar-refractivity contribution in [1.82, 2.24) is 5.32 Å². The molecule has 1 aromatic rings. The summed E-state index contributed by atoms with van der Waals surface area (Å²) in [5.41, 5.74) is 1.09. The number of aryl methyl sites for hydroxylation is 1. The molecule has 0 spiro atoms. The number of anilines is 1. The summed E-state index contributed by atoms with van der Waals surface area (Å²) in [5.74, 6) is -1.30. The van der Waals surface area contributed by atoms with Gasteiger partial charge in [0.2, 0.25) is 10.0 Å². The summed E-state index contributed by atoms with van der Waals surface area (Å²) in [6.45, 7) is 6.36. The van der Waals surface area contributed by atoms with Gasteiger partial charge in [0.25, 0.3) is 5.91 Å². The molecule has 1 atom stereocenters. The molecule has 1 N–H and O–H groups in total. The lowest BCUT2D eigenvalue weighted by molar-refractivity contribution is -0.153. The van der Waals surface area contributed by atoms with E-state index >= 15 is 0 Å². The zero-order chi connectivity index (χ0) is 18.3. The number of hydrogen-bond donors (Lipinski definition) is 1. The van der Waals surface area contributed by atoms with E-state index in [2.05, 4.69) is 11.9 Å². The highest BCUT2D eigenvalue weighted by molar-refractivity contribution is 7.92. The maximum atomic E-state index is 12.0. The van der Waals surface area contributed by atoms with Crippen molar-refractivity contribution in [2.24, 2.45) is 0 Å². The number of carbonyl (C=O) groups excluding carboxylic acids is 2. The number of carbonyl (C=O) groups is 2. The van der Waals surface area contributed by atoms with Crippen LogP contribution in [0.25, 0.3) is 0 Å². The van der Waals surface area contributed by atoms with Gasteiger partial charge in [0.1, 0.15) is 6.54 Å². The molecule has 7 nitrogen and oxygen atoms in total. The number of nitrogens with one attached hydrogen (secondary N) is 1. The fourth-order valence-electron chi connectivity index (χ4n) is 1.95. The molecule has 0 bridgehead atoms. The summed E-state index contributed by atoms with van der Waals surface area (Å²) in [7, 11) is -3.69. The lowest BCUT2D eigenvalue weighted by atomic mass is 10.2. The van der Waals surface area contributed by atoms with Crippen LogP contribution in [0.1, 0.15) is 12.5 Å². The van der Waals surface area contributed by atoms with Gasteiger partial charge < -0.3 is 10.1 Å². The van der Waals surface area contributed by atoms with E-state index in [1.807, 2.05) is 0 Å². The highest BCUT2D eigenvalue weighted by atomic mass is 32.2. The van der Waals surface area contributed by atoms with Crippen LogP contribution in [0, 0.1) is 6.92 Å². The Bertz CT molecular complexity index is 715. The van der Waals surface area contributed by atoms with Gasteiger partial charge in [-0.1, -0.05) is 24.3 Å². The molecule has 0 heterocycles. The predicted molar refractivity (Wildman–Crippen MR) is 92.1 cm³/mol. The van der Waals surface area contributed by atoms with E-state index < -0.39 is 34.5 Å². The van der Waals surface area contributed by atoms with E-state index in [-0.39, 0.29) is 6.54 Å². The number of hydrogen-bond acceptors (Lipinski definition) is 5. The quantitative estimate of drug-likeness (QED) is 0.555. The second kappa shape index (κ2) is 8.49. The standard InChI is InChI=1S/C16H22N2O5S/c1-5-10-17-16(20)13(3)23-15(19)11-18(24(4,21)22)14-9-7-6-8-12(14)2/h5-9,13H,1,10-11H2,2-4H3,(H,17,20)/t13-/m0/s1. The zero-order valence-electron chi connectivity index (χ0n) is 14.0. The van der Waals surface area contributed by atoms with Crippen molar-refractivity contribution in [3.05, 3.63) is 42.5 Å². The van der Waals surface area contributed by atoms with Crippen LogP contribution in [-0.2, 0) is 24.3 Å². The van der Waals surface area contributed by atoms with Gasteiger partial charge in [0, 0.05) is 6.54 Å². The average Bonchev–Trinajstić information content (AvgIpc) is 2.50. The molecule has 24 heavy (non-hydrogen) atoms. The molecule has 132 valence electrons. The number of esters is 1. The summed E-state index contributed by atoms with van der Waals surface area (Å²) < 4.78 is 30.0. The first-order chi connectivity index (χ1) is 11.2. The van der Waals surface area contributed by atoms with Crippen LogP contribution in [0.2, 0.25) is 0 Å². The summed E-state index contributed by atoms with van der Waals surface area (Å²) in [6.07, 6.45) is 1.47. The maximum absolute atomic E-state index is 12.0. The van der Waals surface area contributed by atoms with Crippen LogP contribution in [0.4, 0.5) is 5.69 Å². The van der Waals surface area contributed by atoms with Crippen molar-refractivity contribution in [3.8, 4) is 0 Å². The summed E-state index contributed by atoms with van der Waals surface area (Å²) in [4.78, 5) is 23.7. The third-order valence-corrected chi connectivity index (χ3v) is 4.28. The Labute approximate surface area is 142 Å². The molecule has 0 saturated heterocycles. The van der Waals surface area contributed by atoms with Gasteiger partial charge in [-0.25, -0.2) is 8.42 Å². The van der Waals surface area contributed by atoms with Crippen molar-refractivity contribution in [3.63, 3.8) is 0 Å². The van der Waals surface area contributed by atoms with Crippen LogP contribution in [0.15, 0.2) is 36.9 Å². The molecular formula is C16H22N2O5S. The van der Waals surface area contributed by atoms with E-state index in [0.29, 0.717) is 11.3 Å². The molecule has 0 radical (unpaired) electrons. The number of ether oxygens (including phenoxy) is 1. The fourth-order valence-corrected chi connectivity index (χ4v) is 2.85. The van der Waals surface area contributed by atoms with Gasteiger partial charge in [-0.3, -0.25) is 13.9 Å². The van der Waals surface area contributed by atoms with Crippen LogP contribution in [-0.4, -0.2) is 45.7 Å². The van der Waals surface area contributed by atoms with Crippen molar-refractivity contribution in [2.45, 2.75) is 20.0 Å². The van der Waals surface area contributed by atoms with Gasteiger partial charge in [-0.15, -0.1) is 6.58 Å². The molecule has 8 heteroatoms. The minimum Gasteiger partial charge on any atom is -0.451 e. The highest BCUT2D eigenvalue weighted by Gasteiger charge is 2.25. The molecule has 1 amide bonds. The number of benzene rings is 1. The first-order valence-electron chi connectivity index (χ1n) is 7.28. The molecule has 1 rings (SSSR count). The SMILES string of the molecule is C=CCNC(=O)[C@H](C)OC(=O)CN(c1ccccc1C)S(C)(=O)=O. The normalized spacial score (nSPS) is 12.1. The van der Waals surface area contributed by atoms with E-state index in [4.69, 9.17) is 4.74 Å². The van der Waals surface area contributed by atoms with Crippen molar-refractivity contribution in [1.29, 1.82) is 0 Å². The molecule has 0 unspecified atom stereocenters. The number of amides is 1. The summed E-state index contributed by atoms with van der Waals surface area (Å²) >= 11 is 0. The average molecular weight is 354 g/mol. The zero-order valence-corrected chi connectivity index (χ0v) is 14.8.